The van der Waals surface area contributed by atoms with Gasteiger partial charge in [0.05, 0.1) is 5.69 Å². The highest BCUT2D eigenvalue weighted by atomic mass is 19.3. The summed E-state index contributed by atoms with van der Waals surface area (Å²) < 4.78 is 38.0. The maximum atomic E-state index is 13.2. The Kier molecular flexibility index (Phi) is 3.56. The fraction of sp³-hybridized carbons (Fsp3) is 0.111. The van der Waals surface area contributed by atoms with E-state index in [-0.39, 0.29) is 0 Å². The Bertz CT molecular complexity index is 424. The maximum absolute atomic E-state index is 13.2. The third-order valence-corrected chi connectivity index (χ3v) is 1.80. The molecule has 0 aromatic heterocycles. The van der Waals surface area contributed by atoms with Gasteiger partial charge in [-0.25, -0.2) is 19.4 Å². The van der Waals surface area contributed by atoms with Crippen LogP contribution >= 0.6 is 0 Å². The van der Waals surface area contributed by atoms with Gasteiger partial charge in [0.1, 0.15) is 0 Å². The second kappa shape index (κ2) is 4.73. The van der Waals surface area contributed by atoms with E-state index in [0.29, 0.717) is 0 Å². The molecular formula is C9H6F3NO4. The number of rotatable bonds is 3. The van der Waals surface area contributed by atoms with Crippen molar-refractivity contribution in [2.24, 2.45) is 0 Å². The van der Waals surface area contributed by atoms with Crippen molar-refractivity contribution in [1.82, 2.24) is 0 Å². The van der Waals surface area contributed by atoms with Crippen LogP contribution < -0.4 is 4.90 Å². The van der Waals surface area contributed by atoms with Crippen molar-refractivity contribution in [2.75, 3.05) is 4.90 Å². The fourth-order valence-corrected chi connectivity index (χ4v) is 1.11. The van der Waals surface area contributed by atoms with E-state index in [0.717, 1.165) is 12.1 Å². The molecule has 0 aliphatic rings. The molecule has 0 saturated heterocycles. The minimum absolute atomic E-state index is 0.490. The van der Waals surface area contributed by atoms with Crippen LogP contribution in [0.1, 0.15) is 0 Å². The zero-order chi connectivity index (χ0) is 13.1. The first-order valence-corrected chi connectivity index (χ1v) is 4.20. The van der Waals surface area contributed by atoms with Gasteiger partial charge in [0.25, 0.3) is 0 Å². The number of para-hydroxylation sites is 1. The van der Waals surface area contributed by atoms with Gasteiger partial charge in [-0.05, 0) is 12.1 Å². The lowest BCUT2D eigenvalue weighted by Gasteiger charge is -2.25. The van der Waals surface area contributed by atoms with E-state index in [1.165, 1.54) is 18.2 Å². The summed E-state index contributed by atoms with van der Waals surface area (Å²) in [6.07, 6.45) is -2.12. The van der Waals surface area contributed by atoms with E-state index in [2.05, 4.69) is 4.94 Å². The second-order valence-electron chi connectivity index (χ2n) is 2.86. The van der Waals surface area contributed by atoms with Crippen molar-refractivity contribution >= 4 is 17.7 Å². The van der Waals surface area contributed by atoms with Gasteiger partial charge in [0, 0.05) is 4.53 Å². The molecule has 0 saturated carbocycles. The molecule has 1 rings (SSSR count). The molecular weight excluding hydrogens is 243 g/mol. The molecule has 0 spiro atoms. The van der Waals surface area contributed by atoms with E-state index in [1.807, 2.05) is 0 Å². The monoisotopic (exact) mass is 249 g/mol. The number of nitrogens with zero attached hydrogens (tertiary/aromatic N) is 1. The first-order chi connectivity index (χ1) is 7.91. The Morgan fingerprint density at radius 3 is 2.18 bits per heavy atom. The number of carboxylic acid groups (broad SMARTS) is 1. The van der Waals surface area contributed by atoms with Crippen molar-refractivity contribution < 1.29 is 32.9 Å². The van der Waals surface area contributed by atoms with Gasteiger partial charge >= 0.3 is 18.1 Å². The normalized spacial score (nSPS) is 10.8. The van der Waals surface area contributed by atoms with Crippen LogP contribution in [0.3, 0.4) is 0 Å². The minimum Gasteiger partial charge on any atom is -0.465 e. The number of benzene rings is 1. The summed E-state index contributed by atoms with van der Waals surface area (Å²) in [5.74, 6) is -2.61. The van der Waals surface area contributed by atoms with Gasteiger partial charge in [-0.2, -0.15) is 8.78 Å². The third kappa shape index (κ3) is 2.47. The van der Waals surface area contributed by atoms with Gasteiger partial charge < -0.3 is 5.11 Å². The van der Waals surface area contributed by atoms with E-state index >= 15 is 0 Å². The van der Waals surface area contributed by atoms with Crippen LogP contribution in [-0.2, 0) is 9.74 Å². The zero-order valence-corrected chi connectivity index (χ0v) is 8.14. The number of carbonyl (C=O) groups excluding carboxylic acids is 1. The Balaban J connectivity index is 3.19. The molecule has 0 unspecified atom stereocenters. The lowest BCUT2D eigenvalue weighted by molar-refractivity contribution is -0.210. The molecule has 0 bridgehead atoms. The number of anilines is 1. The number of amides is 1. The molecule has 0 aliphatic heterocycles. The van der Waals surface area contributed by atoms with Gasteiger partial charge in [0.15, 0.2) is 0 Å². The fourth-order valence-electron chi connectivity index (χ4n) is 1.11. The SMILES string of the molecule is O=C(O)N(c1ccccc1)C(F)(F)C(=O)OF. The molecule has 0 fully saturated rings. The predicted octanol–water partition coefficient (Wildman–Crippen LogP) is 2.19. The molecule has 0 atom stereocenters. The summed E-state index contributed by atoms with van der Waals surface area (Å²) in [6, 6.07) is 1.41. The predicted molar refractivity (Wildman–Crippen MR) is 49.1 cm³/mol. The van der Waals surface area contributed by atoms with Crippen molar-refractivity contribution in [2.45, 2.75) is 6.05 Å². The van der Waals surface area contributed by atoms with E-state index in [4.69, 9.17) is 5.11 Å². The van der Waals surface area contributed by atoms with Crippen LogP contribution in [0.5, 0.6) is 0 Å². The standard InChI is InChI=1S/C9H6F3NO4/c10-9(11,7(14)17-12)13(8(15)16)6-4-2-1-3-5-6/h1-5H,(H,15,16). The summed E-state index contributed by atoms with van der Waals surface area (Å²) in [5.41, 5.74) is -0.490. The van der Waals surface area contributed by atoms with E-state index in [9.17, 15) is 22.9 Å². The summed E-state index contributed by atoms with van der Waals surface area (Å²) in [4.78, 5) is 23.0. The third-order valence-electron chi connectivity index (χ3n) is 1.80. The first-order valence-electron chi connectivity index (χ1n) is 4.20. The molecule has 1 aromatic carbocycles. The molecule has 0 radical (unpaired) electrons. The molecule has 1 aromatic rings. The molecule has 17 heavy (non-hydrogen) atoms. The highest BCUT2D eigenvalue weighted by molar-refractivity contribution is 5.95. The number of hydrogen-bond acceptors (Lipinski definition) is 3. The molecule has 0 heterocycles. The largest absolute Gasteiger partial charge is 0.465 e. The van der Waals surface area contributed by atoms with Crippen LogP contribution in [0.25, 0.3) is 0 Å². The summed E-state index contributed by atoms with van der Waals surface area (Å²) in [7, 11) is 0. The number of alkyl halides is 2. The Hall–Kier alpha value is -2.25. The quantitative estimate of drug-likeness (QED) is 0.834. The lowest BCUT2D eigenvalue weighted by Crippen LogP contribution is -2.51. The average Bonchev–Trinajstić information content (AvgIpc) is 2.28. The van der Waals surface area contributed by atoms with Crippen molar-refractivity contribution in [3.63, 3.8) is 0 Å². The maximum Gasteiger partial charge on any atom is 0.440 e. The van der Waals surface area contributed by atoms with Gasteiger partial charge in [0.2, 0.25) is 0 Å². The Morgan fingerprint density at radius 1 is 1.24 bits per heavy atom. The van der Waals surface area contributed by atoms with Crippen LogP contribution in [0.2, 0.25) is 0 Å². The molecule has 8 heteroatoms. The van der Waals surface area contributed by atoms with Crippen LogP contribution in [0, 0.1) is 0 Å². The van der Waals surface area contributed by atoms with Gasteiger partial charge in [-0.15, -0.1) is 0 Å². The summed E-state index contributed by atoms with van der Waals surface area (Å²) in [5, 5.41) is 8.62. The number of hydrogen-bond donors (Lipinski definition) is 1. The molecule has 5 nitrogen and oxygen atoms in total. The number of carbonyl (C=O) groups is 2. The highest BCUT2D eigenvalue weighted by Gasteiger charge is 2.52. The first kappa shape index (κ1) is 12.8. The topological polar surface area (TPSA) is 66.8 Å². The van der Waals surface area contributed by atoms with Crippen LogP contribution in [0.4, 0.5) is 23.8 Å². The zero-order valence-electron chi connectivity index (χ0n) is 8.14. The molecule has 92 valence electrons. The number of halogens is 3. The van der Waals surface area contributed by atoms with E-state index < -0.39 is 28.7 Å². The smallest absolute Gasteiger partial charge is 0.440 e. The van der Waals surface area contributed by atoms with Crippen LogP contribution in [0.15, 0.2) is 30.3 Å². The van der Waals surface area contributed by atoms with Crippen molar-refractivity contribution in [3.8, 4) is 0 Å². The lowest BCUT2D eigenvalue weighted by atomic mass is 10.3. The summed E-state index contributed by atoms with van der Waals surface area (Å²) >= 11 is 0. The Morgan fingerprint density at radius 2 is 1.76 bits per heavy atom. The molecule has 0 aliphatic carbocycles. The highest BCUT2D eigenvalue weighted by Crippen LogP contribution is 2.28. The van der Waals surface area contributed by atoms with Crippen molar-refractivity contribution in [3.05, 3.63) is 30.3 Å². The molecule has 1 amide bonds. The van der Waals surface area contributed by atoms with Gasteiger partial charge in [-0.3, -0.25) is 0 Å². The van der Waals surface area contributed by atoms with E-state index in [1.54, 1.807) is 0 Å². The van der Waals surface area contributed by atoms with Crippen LogP contribution in [-0.4, -0.2) is 23.2 Å². The Labute approximate surface area is 92.9 Å². The summed E-state index contributed by atoms with van der Waals surface area (Å²) in [6.45, 7) is 0. The minimum atomic E-state index is -4.65. The average molecular weight is 249 g/mol. The van der Waals surface area contributed by atoms with Crippen molar-refractivity contribution in [1.29, 1.82) is 0 Å². The second-order valence-corrected chi connectivity index (χ2v) is 2.86. The van der Waals surface area contributed by atoms with Gasteiger partial charge in [-0.1, -0.05) is 18.2 Å². The molecule has 1 N–H and O–H groups in total.